The second-order valence-electron chi connectivity index (χ2n) is 6.04. The lowest BCUT2D eigenvalue weighted by Crippen LogP contribution is -2.50. The number of amides is 1. The fraction of sp³-hybridized carbons (Fsp3) is 0.611. The average Bonchev–Trinajstić information content (AvgIpc) is 2.54. The summed E-state index contributed by atoms with van der Waals surface area (Å²) in [4.78, 5) is 14.8. The molecule has 3 nitrogen and oxygen atoms in total. The molecule has 1 aromatic carbocycles. The number of rotatable bonds is 5. The number of nitrogens with one attached hydrogen (secondary N) is 1. The predicted octanol–water partition coefficient (Wildman–Crippen LogP) is 3.58. The second-order valence-corrected chi connectivity index (χ2v) is 6.04. The fourth-order valence-corrected chi connectivity index (χ4v) is 3.08. The van der Waals surface area contributed by atoms with Gasteiger partial charge in [-0.3, -0.25) is 4.79 Å². The van der Waals surface area contributed by atoms with Gasteiger partial charge in [-0.1, -0.05) is 51.5 Å². The molecule has 0 aromatic heterocycles. The Morgan fingerprint density at radius 3 is 2.59 bits per heavy atom. The van der Waals surface area contributed by atoms with Crippen LogP contribution < -0.4 is 5.32 Å². The number of aryl methyl sites for hydroxylation is 1. The summed E-state index contributed by atoms with van der Waals surface area (Å²) in [6.07, 6.45) is 3.10. The Labute approximate surface area is 140 Å². The van der Waals surface area contributed by atoms with Gasteiger partial charge in [-0.05, 0) is 24.0 Å². The van der Waals surface area contributed by atoms with E-state index in [1.807, 2.05) is 0 Å². The molecule has 0 radical (unpaired) electrons. The summed E-state index contributed by atoms with van der Waals surface area (Å²) in [5.74, 6) is 0.438. The van der Waals surface area contributed by atoms with Crippen molar-refractivity contribution in [3.63, 3.8) is 0 Å². The van der Waals surface area contributed by atoms with Gasteiger partial charge in [0.15, 0.2) is 0 Å². The van der Waals surface area contributed by atoms with Crippen LogP contribution >= 0.6 is 12.4 Å². The molecule has 0 aliphatic carbocycles. The molecule has 2 unspecified atom stereocenters. The Morgan fingerprint density at radius 1 is 1.32 bits per heavy atom. The Kier molecular flexibility index (Phi) is 7.91. The second kappa shape index (κ2) is 9.16. The maximum absolute atomic E-state index is 12.7. The molecule has 1 aromatic rings. The molecule has 0 bridgehead atoms. The molecule has 2 rings (SSSR count). The van der Waals surface area contributed by atoms with Gasteiger partial charge in [0.05, 0.1) is 6.04 Å². The van der Waals surface area contributed by atoms with Crippen molar-refractivity contribution in [2.45, 2.75) is 46.1 Å². The summed E-state index contributed by atoms with van der Waals surface area (Å²) in [5, 5.41) is 3.42. The van der Waals surface area contributed by atoms with Crippen molar-refractivity contribution in [2.75, 3.05) is 19.6 Å². The van der Waals surface area contributed by atoms with Crippen molar-refractivity contribution in [3.8, 4) is 0 Å². The van der Waals surface area contributed by atoms with E-state index in [-0.39, 0.29) is 24.4 Å². The molecule has 1 heterocycles. The molecular formula is C18H29ClN2O. The molecule has 0 saturated carbocycles. The zero-order valence-electron chi connectivity index (χ0n) is 14.0. The SMILES string of the molecule is CCCC(C)C(=O)N1CCNCC1c1ccc(CC)cc1.Cl. The summed E-state index contributed by atoms with van der Waals surface area (Å²) in [5.41, 5.74) is 2.59. The van der Waals surface area contributed by atoms with Gasteiger partial charge in [0.1, 0.15) is 0 Å². The lowest BCUT2D eigenvalue weighted by molar-refractivity contribution is -0.138. The van der Waals surface area contributed by atoms with Crippen LogP contribution in [0.1, 0.15) is 50.8 Å². The lowest BCUT2D eigenvalue weighted by atomic mass is 9.98. The molecule has 1 amide bonds. The van der Waals surface area contributed by atoms with Crippen molar-refractivity contribution in [1.82, 2.24) is 10.2 Å². The third kappa shape index (κ3) is 4.47. The third-order valence-electron chi connectivity index (χ3n) is 4.44. The summed E-state index contributed by atoms with van der Waals surface area (Å²) in [6, 6.07) is 8.91. The smallest absolute Gasteiger partial charge is 0.226 e. The number of benzene rings is 1. The number of nitrogens with zero attached hydrogens (tertiary/aromatic N) is 1. The van der Waals surface area contributed by atoms with Crippen LogP contribution in [-0.4, -0.2) is 30.4 Å². The molecular weight excluding hydrogens is 296 g/mol. The maximum Gasteiger partial charge on any atom is 0.226 e. The highest BCUT2D eigenvalue weighted by Gasteiger charge is 2.30. The van der Waals surface area contributed by atoms with Crippen molar-refractivity contribution in [3.05, 3.63) is 35.4 Å². The first-order chi connectivity index (χ1) is 10.2. The van der Waals surface area contributed by atoms with Crippen molar-refractivity contribution >= 4 is 18.3 Å². The minimum Gasteiger partial charge on any atom is -0.333 e. The van der Waals surface area contributed by atoms with E-state index >= 15 is 0 Å². The van der Waals surface area contributed by atoms with Crippen LogP contribution in [0.25, 0.3) is 0 Å². The van der Waals surface area contributed by atoms with Gasteiger partial charge >= 0.3 is 0 Å². The van der Waals surface area contributed by atoms with Crippen LogP contribution in [0, 0.1) is 5.92 Å². The number of carbonyl (C=O) groups excluding carboxylic acids is 1. The summed E-state index contributed by atoms with van der Waals surface area (Å²) in [6.45, 7) is 8.93. The van der Waals surface area contributed by atoms with E-state index in [1.54, 1.807) is 0 Å². The van der Waals surface area contributed by atoms with Gasteiger partial charge in [-0.25, -0.2) is 0 Å². The first kappa shape index (κ1) is 19.0. The van der Waals surface area contributed by atoms with Crippen molar-refractivity contribution in [1.29, 1.82) is 0 Å². The first-order valence-corrected chi connectivity index (χ1v) is 8.27. The topological polar surface area (TPSA) is 32.3 Å². The fourth-order valence-electron chi connectivity index (χ4n) is 3.08. The van der Waals surface area contributed by atoms with Gasteiger partial charge in [-0.2, -0.15) is 0 Å². The Bertz CT molecular complexity index is 461. The Morgan fingerprint density at radius 2 is 2.00 bits per heavy atom. The number of hydrogen-bond donors (Lipinski definition) is 1. The van der Waals surface area contributed by atoms with Crippen molar-refractivity contribution < 1.29 is 4.79 Å². The van der Waals surface area contributed by atoms with E-state index in [4.69, 9.17) is 0 Å². The van der Waals surface area contributed by atoms with E-state index in [0.29, 0.717) is 5.91 Å². The lowest BCUT2D eigenvalue weighted by Gasteiger charge is -2.38. The van der Waals surface area contributed by atoms with Crippen LogP contribution in [-0.2, 0) is 11.2 Å². The highest BCUT2D eigenvalue weighted by atomic mass is 35.5. The van der Waals surface area contributed by atoms with Crippen LogP contribution in [0.15, 0.2) is 24.3 Å². The number of piperazine rings is 1. The molecule has 1 fully saturated rings. The average molecular weight is 325 g/mol. The van der Waals surface area contributed by atoms with Crippen LogP contribution in [0.5, 0.6) is 0 Å². The van der Waals surface area contributed by atoms with Crippen molar-refractivity contribution in [2.24, 2.45) is 5.92 Å². The highest BCUT2D eigenvalue weighted by Crippen LogP contribution is 2.25. The molecule has 1 aliphatic heterocycles. The summed E-state index contributed by atoms with van der Waals surface area (Å²) >= 11 is 0. The highest BCUT2D eigenvalue weighted by molar-refractivity contribution is 5.85. The monoisotopic (exact) mass is 324 g/mol. The van der Waals surface area contributed by atoms with E-state index in [1.165, 1.54) is 11.1 Å². The minimum atomic E-state index is 0. The van der Waals surface area contributed by atoms with Crippen LogP contribution in [0.3, 0.4) is 0 Å². The molecule has 1 saturated heterocycles. The minimum absolute atomic E-state index is 0. The first-order valence-electron chi connectivity index (χ1n) is 8.27. The van der Waals surface area contributed by atoms with Gasteiger partial charge in [0, 0.05) is 25.6 Å². The maximum atomic E-state index is 12.7. The number of halogens is 1. The molecule has 124 valence electrons. The molecule has 1 N–H and O–H groups in total. The number of carbonyl (C=O) groups is 1. The standard InChI is InChI=1S/C18H28N2O.ClH/c1-4-6-14(3)18(21)20-12-11-19-13-17(20)16-9-7-15(5-2)8-10-16;/h7-10,14,17,19H,4-6,11-13H2,1-3H3;1H. The van der Waals surface area contributed by atoms with Gasteiger partial charge in [0.2, 0.25) is 5.91 Å². The quantitative estimate of drug-likeness (QED) is 0.898. The van der Waals surface area contributed by atoms with Gasteiger partial charge < -0.3 is 10.2 Å². The van der Waals surface area contributed by atoms with Gasteiger partial charge in [-0.15, -0.1) is 12.4 Å². The summed E-state index contributed by atoms with van der Waals surface area (Å²) < 4.78 is 0. The molecule has 2 atom stereocenters. The van der Waals surface area contributed by atoms with Crippen LogP contribution in [0.4, 0.5) is 0 Å². The molecule has 4 heteroatoms. The van der Waals surface area contributed by atoms with E-state index in [2.05, 4.69) is 55.3 Å². The van der Waals surface area contributed by atoms with Crippen LogP contribution in [0.2, 0.25) is 0 Å². The molecule has 22 heavy (non-hydrogen) atoms. The van der Waals surface area contributed by atoms with E-state index in [0.717, 1.165) is 38.9 Å². The summed E-state index contributed by atoms with van der Waals surface area (Å²) in [7, 11) is 0. The Hall–Kier alpha value is -1.06. The predicted molar refractivity (Wildman–Crippen MR) is 94.5 cm³/mol. The zero-order valence-corrected chi connectivity index (χ0v) is 14.8. The van der Waals surface area contributed by atoms with E-state index in [9.17, 15) is 4.79 Å². The largest absolute Gasteiger partial charge is 0.333 e. The third-order valence-corrected chi connectivity index (χ3v) is 4.44. The van der Waals surface area contributed by atoms with Gasteiger partial charge in [0.25, 0.3) is 0 Å². The Balaban J connectivity index is 0.00000242. The van der Waals surface area contributed by atoms with E-state index < -0.39 is 0 Å². The molecule has 0 spiro atoms. The zero-order chi connectivity index (χ0) is 15.2. The molecule has 1 aliphatic rings. The number of hydrogen-bond acceptors (Lipinski definition) is 2. The normalized spacial score (nSPS) is 19.4.